The topological polar surface area (TPSA) is 126 Å². The van der Waals surface area contributed by atoms with Crippen molar-refractivity contribution in [3.63, 3.8) is 0 Å². The molecule has 0 aliphatic heterocycles. The number of benzene rings is 2. The molecule has 9 nitrogen and oxygen atoms in total. The molecule has 0 unspecified atom stereocenters. The smallest absolute Gasteiger partial charge is 0.407 e. The van der Waals surface area contributed by atoms with Crippen molar-refractivity contribution in [1.82, 2.24) is 14.9 Å². The second-order valence-electron chi connectivity index (χ2n) is 7.33. The van der Waals surface area contributed by atoms with Gasteiger partial charge in [-0.25, -0.2) is 9.18 Å². The lowest BCUT2D eigenvalue weighted by atomic mass is 10.1. The molecule has 11 heteroatoms. The summed E-state index contributed by atoms with van der Waals surface area (Å²) < 4.78 is 25.4. The molecule has 0 aliphatic rings. The van der Waals surface area contributed by atoms with E-state index in [4.69, 9.17) is 10.5 Å². The van der Waals surface area contributed by atoms with Gasteiger partial charge in [0.05, 0.1) is 12.8 Å². The molecular weight excluding hydrogens is 511 g/mol. The summed E-state index contributed by atoms with van der Waals surface area (Å²) in [5.41, 5.74) is 7.46. The Kier molecular flexibility index (Phi) is 7.67. The van der Waals surface area contributed by atoms with Gasteiger partial charge in [-0.1, -0.05) is 12.1 Å². The number of nitrogens with two attached hydrogens (primary N) is 1. The molecule has 34 heavy (non-hydrogen) atoms. The summed E-state index contributed by atoms with van der Waals surface area (Å²) in [4.78, 5) is 40.5. The minimum atomic E-state index is -0.657. The fraction of sp³-hybridized carbons (Fsp3) is 0.217. The average Bonchev–Trinajstić information content (AvgIpc) is 2.80. The molecule has 1 aromatic heterocycles. The zero-order valence-electron chi connectivity index (χ0n) is 18.6. The maximum Gasteiger partial charge on any atom is 0.407 e. The van der Waals surface area contributed by atoms with E-state index in [-0.39, 0.29) is 29.1 Å². The Morgan fingerprint density at radius 2 is 1.91 bits per heavy atom. The molecule has 0 saturated heterocycles. The normalized spacial score (nSPS) is 10.6. The lowest BCUT2D eigenvalue weighted by molar-refractivity contribution is 0.1000. The number of aromatic nitrogens is 2. The maximum atomic E-state index is 13.7. The monoisotopic (exact) mass is 532 g/mol. The van der Waals surface area contributed by atoms with Gasteiger partial charge in [-0.15, -0.1) is 0 Å². The molecule has 3 rings (SSSR count). The molecule has 0 saturated carbocycles. The third-order valence-corrected chi connectivity index (χ3v) is 5.72. The predicted octanol–water partition coefficient (Wildman–Crippen LogP) is 3.28. The van der Waals surface area contributed by atoms with Crippen molar-refractivity contribution < 1.29 is 23.5 Å². The maximum absolute atomic E-state index is 13.7. The highest BCUT2D eigenvalue weighted by Gasteiger charge is 2.18. The SMILES string of the molecule is COC(=O)NCc1cc(F)ccc1COc1nc(C)n(-c2cc(C(N)=O)ccc2C)c(=O)c1Br. The molecule has 0 spiro atoms. The quantitative estimate of drug-likeness (QED) is 0.480. The fourth-order valence-electron chi connectivity index (χ4n) is 3.25. The first-order valence-electron chi connectivity index (χ1n) is 10.0. The molecule has 3 N–H and O–H groups in total. The Morgan fingerprint density at radius 3 is 2.59 bits per heavy atom. The molecule has 0 bridgehead atoms. The number of amides is 2. The van der Waals surface area contributed by atoms with Gasteiger partial charge < -0.3 is 20.5 Å². The molecule has 0 aliphatic carbocycles. The third-order valence-electron chi connectivity index (χ3n) is 5.04. The first-order chi connectivity index (χ1) is 16.1. The van der Waals surface area contributed by atoms with Crippen LogP contribution in [-0.4, -0.2) is 28.7 Å². The first-order valence-corrected chi connectivity index (χ1v) is 10.8. The van der Waals surface area contributed by atoms with Gasteiger partial charge in [0.2, 0.25) is 11.8 Å². The van der Waals surface area contributed by atoms with E-state index in [1.54, 1.807) is 26.0 Å². The van der Waals surface area contributed by atoms with Crippen molar-refractivity contribution >= 4 is 27.9 Å². The molecule has 178 valence electrons. The average molecular weight is 533 g/mol. The van der Waals surface area contributed by atoms with Crippen molar-refractivity contribution in [2.75, 3.05) is 7.11 Å². The van der Waals surface area contributed by atoms with Crippen LogP contribution >= 0.6 is 15.9 Å². The van der Waals surface area contributed by atoms with Crippen LogP contribution in [0.1, 0.15) is 32.9 Å². The third kappa shape index (κ3) is 5.42. The van der Waals surface area contributed by atoms with Gasteiger partial charge in [0.15, 0.2) is 0 Å². The minimum absolute atomic E-state index is 0.0217. The number of nitrogens with one attached hydrogen (secondary N) is 1. The minimum Gasteiger partial charge on any atom is -0.472 e. The number of ether oxygens (including phenoxy) is 2. The van der Waals surface area contributed by atoms with Crippen LogP contribution < -0.4 is 21.3 Å². The van der Waals surface area contributed by atoms with Gasteiger partial charge in [0, 0.05) is 12.1 Å². The van der Waals surface area contributed by atoms with Gasteiger partial charge in [0.1, 0.15) is 22.7 Å². The van der Waals surface area contributed by atoms with E-state index >= 15 is 0 Å². The van der Waals surface area contributed by atoms with Crippen LogP contribution in [0, 0.1) is 19.7 Å². The standard InChI is InChI=1S/C23H22BrFN4O5/c1-12-4-5-14(20(26)30)9-18(12)29-13(2)28-21(19(24)22(29)31)34-11-15-6-7-17(25)8-16(15)10-27-23(32)33-3/h4-9H,10-11H2,1-3H3,(H2,26,30)(H,27,32). The van der Waals surface area contributed by atoms with Crippen molar-refractivity contribution in [1.29, 1.82) is 0 Å². The highest BCUT2D eigenvalue weighted by Crippen LogP contribution is 2.24. The van der Waals surface area contributed by atoms with Crippen molar-refractivity contribution in [3.05, 3.63) is 85.1 Å². The number of hydrogen-bond donors (Lipinski definition) is 2. The highest BCUT2D eigenvalue weighted by atomic mass is 79.9. The molecule has 2 amide bonds. The second kappa shape index (κ2) is 10.5. The first kappa shape index (κ1) is 24.9. The number of carbonyl (C=O) groups is 2. The molecule has 0 radical (unpaired) electrons. The number of primary amides is 1. The van der Waals surface area contributed by atoms with E-state index in [9.17, 15) is 18.8 Å². The van der Waals surface area contributed by atoms with E-state index < -0.39 is 23.4 Å². The Balaban J connectivity index is 1.92. The van der Waals surface area contributed by atoms with E-state index in [0.717, 1.165) is 5.56 Å². The van der Waals surface area contributed by atoms with E-state index in [1.807, 2.05) is 0 Å². The molecular formula is C23H22BrFN4O5. The summed E-state index contributed by atoms with van der Waals surface area (Å²) in [7, 11) is 1.23. The Hall–Kier alpha value is -3.73. The second-order valence-corrected chi connectivity index (χ2v) is 8.12. The Labute approximate surface area is 202 Å². The number of aryl methyl sites for hydroxylation is 2. The van der Waals surface area contributed by atoms with Crippen LogP contribution in [0.3, 0.4) is 0 Å². The Morgan fingerprint density at radius 1 is 1.18 bits per heavy atom. The lowest BCUT2D eigenvalue weighted by Crippen LogP contribution is -2.25. The number of rotatable bonds is 7. The number of methoxy groups -OCH3 is 1. The van der Waals surface area contributed by atoms with Crippen LogP contribution in [0.2, 0.25) is 0 Å². The van der Waals surface area contributed by atoms with Gasteiger partial charge >= 0.3 is 6.09 Å². The van der Waals surface area contributed by atoms with Crippen LogP contribution in [0.25, 0.3) is 5.69 Å². The molecule has 0 atom stereocenters. The lowest BCUT2D eigenvalue weighted by Gasteiger charge is -2.16. The van der Waals surface area contributed by atoms with Crippen molar-refractivity contribution in [2.24, 2.45) is 5.73 Å². The Bertz CT molecular complexity index is 1330. The summed E-state index contributed by atoms with van der Waals surface area (Å²) in [5.74, 6) is -0.731. The zero-order valence-corrected chi connectivity index (χ0v) is 20.2. The molecule has 1 heterocycles. The van der Waals surface area contributed by atoms with Gasteiger partial charge in [-0.3, -0.25) is 14.2 Å². The van der Waals surface area contributed by atoms with Crippen LogP contribution in [-0.2, 0) is 17.9 Å². The summed E-state index contributed by atoms with van der Waals surface area (Å²) in [6.07, 6.45) is -0.657. The number of alkyl carbamates (subject to hydrolysis) is 1. The highest BCUT2D eigenvalue weighted by molar-refractivity contribution is 9.10. The summed E-state index contributed by atoms with van der Waals surface area (Å²) in [5, 5.41) is 2.49. The van der Waals surface area contributed by atoms with Crippen molar-refractivity contribution in [3.8, 4) is 11.6 Å². The van der Waals surface area contributed by atoms with E-state index in [0.29, 0.717) is 22.6 Å². The van der Waals surface area contributed by atoms with Crippen molar-refractivity contribution in [2.45, 2.75) is 27.0 Å². The number of hydrogen-bond acceptors (Lipinski definition) is 6. The number of halogens is 2. The zero-order chi connectivity index (χ0) is 25.0. The van der Waals surface area contributed by atoms with Crippen LogP contribution in [0.15, 0.2) is 45.7 Å². The van der Waals surface area contributed by atoms with Crippen LogP contribution in [0.5, 0.6) is 5.88 Å². The fourth-order valence-corrected chi connectivity index (χ4v) is 3.63. The van der Waals surface area contributed by atoms with Gasteiger partial charge in [-0.2, -0.15) is 4.98 Å². The number of nitrogens with zero attached hydrogens (tertiary/aromatic N) is 2. The summed E-state index contributed by atoms with van der Waals surface area (Å²) in [6.45, 7) is 3.40. The van der Waals surface area contributed by atoms with Gasteiger partial charge in [-0.05, 0) is 70.7 Å². The van der Waals surface area contributed by atoms with E-state index in [1.165, 1.54) is 35.9 Å². The summed E-state index contributed by atoms with van der Waals surface area (Å²) in [6, 6.07) is 8.86. The molecule has 3 aromatic rings. The molecule has 2 aromatic carbocycles. The predicted molar refractivity (Wildman–Crippen MR) is 126 cm³/mol. The van der Waals surface area contributed by atoms with Gasteiger partial charge in [0.25, 0.3) is 5.56 Å². The largest absolute Gasteiger partial charge is 0.472 e. The number of carbonyl (C=O) groups excluding carboxylic acids is 2. The molecule has 0 fully saturated rings. The van der Waals surface area contributed by atoms with Crippen LogP contribution in [0.4, 0.5) is 9.18 Å². The summed E-state index contributed by atoms with van der Waals surface area (Å²) >= 11 is 3.25. The van der Waals surface area contributed by atoms with E-state index in [2.05, 4.69) is 31.0 Å².